The highest BCUT2D eigenvalue weighted by Crippen LogP contribution is 2.62. The molecule has 2 aliphatic rings. The van der Waals surface area contributed by atoms with Crippen LogP contribution >= 0.6 is 0 Å². The maximum atomic E-state index is 5.76. The van der Waals surface area contributed by atoms with E-state index in [-0.39, 0.29) is 0 Å². The van der Waals surface area contributed by atoms with E-state index >= 15 is 0 Å². The number of rotatable bonds is 3. The Morgan fingerprint density at radius 1 is 1.25 bits per heavy atom. The summed E-state index contributed by atoms with van der Waals surface area (Å²) < 4.78 is 5.76. The summed E-state index contributed by atoms with van der Waals surface area (Å²) in [5, 5.41) is 3.68. The average molecular weight is 226 g/mol. The Bertz CT molecular complexity index is 249. The zero-order chi connectivity index (χ0) is 12.0. The van der Waals surface area contributed by atoms with Gasteiger partial charge in [-0.05, 0) is 17.9 Å². The number of hydrogen-bond donors (Lipinski definition) is 1. The molecule has 1 saturated heterocycles. The molecule has 1 N–H and O–H groups in total. The summed E-state index contributed by atoms with van der Waals surface area (Å²) in [4.78, 5) is 2.35. The molecule has 3 heteroatoms. The highest BCUT2D eigenvalue weighted by atomic mass is 16.5. The maximum Gasteiger partial charge on any atom is 0.0826 e. The number of ether oxygens (including phenoxy) is 1. The largest absolute Gasteiger partial charge is 0.374 e. The van der Waals surface area contributed by atoms with Gasteiger partial charge in [0.25, 0.3) is 0 Å². The zero-order valence-corrected chi connectivity index (χ0v) is 11.3. The minimum atomic E-state index is 0.367. The molecule has 1 heterocycles. The van der Waals surface area contributed by atoms with Crippen LogP contribution < -0.4 is 5.32 Å². The fourth-order valence-corrected chi connectivity index (χ4v) is 2.95. The molecule has 0 radical (unpaired) electrons. The van der Waals surface area contributed by atoms with Crippen molar-refractivity contribution in [1.29, 1.82) is 0 Å². The summed E-state index contributed by atoms with van der Waals surface area (Å²) >= 11 is 0. The molecule has 0 aromatic heterocycles. The quantitative estimate of drug-likeness (QED) is 0.786. The molecule has 2 rings (SSSR count). The average Bonchev–Trinajstić information content (AvgIpc) is 2.55. The Labute approximate surface area is 99.5 Å². The van der Waals surface area contributed by atoms with Gasteiger partial charge in [-0.15, -0.1) is 0 Å². The monoisotopic (exact) mass is 226 g/mol. The molecule has 1 unspecified atom stereocenters. The SMILES string of the molecule is CN1CCOC(CNC2C(C)(C)C2(C)C)C1. The van der Waals surface area contributed by atoms with E-state index in [1.165, 1.54) is 0 Å². The predicted molar refractivity (Wildman–Crippen MR) is 66.6 cm³/mol. The Morgan fingerprint density at radius 3 is 2.38 bits per heavy atom. The minimum Gasteiger partial charge on any atom is -0.374 e. The first kappa shape index (κ1) is 12.3. The van der Waals surface area contributed by atoms with Crippen molar-refractivity contribution < 1.29 is 4.74 Å². The fourth-order valence-electron chi connectivity index (χ4n) is 2.95. The van der Waals surface area contributed by atoms with E-state index in [9.17, 15) is 0 Å². The second-order valence-corrected chi connectivity index (χ2v) is 6.54. The zero-order valence-electron chi connectivity index (χ0n) is 11.3. The topological polar surface area (TPSA) is 24.5 Å². The van der Waals surface area contributed by atoms with Crippen LogP contribution in [0.15, 0.2) is 0 Å². The summed E-state index contributed by atoms with van der Waals surface area (Å²) in [7, 11) is 2.17. The van der Waals surface area contributed by atoms with E-state index in [4.69, 9.17) is 4.74 Å². The third kappa shape index (κ3) is 2.01. The lowest BCUT2D eigenvalue weighted by atomic mass is 10.0. The van der Waals surface area contributed by atoms with Gasteiger partial charge in [-0.3, -0.25) is 0 Å². The predicted octanol–water partition coefficient (Wildman–Crippen LogP) is 1.34. The van der Waals surface area contributed by atoms with Crippen LogP contribution in [0.2, 0.25) is 0 Å². The van der Waals surface area contributed by atoms with E-state index in [1.54, 1.807) is 0 Å². The molecule has 0 aromatic carbocycles. The lowest BCUT2D eigenvalue weighted by molar-refractivity contribution is -0.0187. The van der Waals surface area contributed by atoms with Gasteiger partial charge in [-0.2, -0.15) is 0 Å². The van der Waals surface area contributed by atoms with Gasteiger partial charge in [0.05, 0.1) is 12.7 Å². The van der Waals surface area contributed by atoms with E-state index in [1.807, 2.05) is 0 Å². The number of morpholine rings is 1. The minimum absolute atomic E-state index is 0.367. The third-order valence-electron chi connectivity index (χ3n) is 4.91. The first-order valence-electron chi connectivity index (χ1n) is 6.39. The first-order valence-corrected chi connectivity index (χ1v) is 6.39. The highest BCUT2D eigenvalue weighted by Gasteiger charge is 2.64. The van der Waals surface area contributed by atoms with Crippen molar-refractivity contribution in [2.45, 2.75) is 39.8 Å². The molecule has 16 heavy (non-hydrogen) atoms. The lowest BCUT2D eigenvalue weighted by Gasteiger charge is -2.30. The maximum absolute atomic E-state index is 5.76. The Balaban J connectivity index is 1.77. The molecule has 0 amide bonds. The van der Waals surface area contributed by atoms with Crippen molar-refractivity contribution in [3.63, 3.8) is 0 Å². The molecule has 1 atom stereocenters. The molecular weight excluding hydrogens is 200 g/mol. The molecule has 0 aromatic rings. The van der Waals surface area contributed by atoms with Gasteiger partial charge in [0.2, 0.25) is 0 Å². The standard InChI is InChI=1S/C13H26N2O/c1-12(2)11(13(12,3)4)14-8-10-9-15(5)6-7-16-10/h10-11,14H,6-9H2,1-5H3. The molecule has 1 aliphatic carbocycles. The summed E-state index contributed by atoms with van der Waals surface area (Å²) in [5.74, 6) is 0. The molecule has 0 bridgehead atoms. The van der Waals surface area contributed by atoms with Crippen LogP contribution in [0.1, 0.15) is 27.7 Å². The van der Waals surface area contributed by atoms with Crippen LogP contribution in [0.3, 0.4) is 0 Å². The third-order valence-corrected chi connectivity index (χ3v) is 4.91. The molecule has 0 spiro atoms. The number of hydrogen-bond acceptors (Lipinski definition) is 3. The molecule has 2 fully saturated rings. The number of nitrogens with zero attached hydrogens (tertiary/aromatic N) is 1. The van der Waals surface area contributed by atoms with Gasteiger partial charge >= 0.3 is 0 Å². The van der Waals surface area contributed by atoms with Crippen LogP contribution in [0.25, 0.3) is 0 Å². The number of nitrogens with one attached hydrogen (secondary N) is 1. The van der Waals surface area contributed by atoms with Crippen molar-refractivity contribution in [1.82, 2.24) is 10.2 Å². The molecule has 1 aliphatic heterocycles. The fraction of sp³-hybridized carbons (Fsp3) is 1.00. The van der Waals surface area contributed by atoms with Crippen molar-refractivity contribution in [2.24, 2.45) is 10.8 Å². The highest BCUT2D eigenvalue weighted by molar-refractivity contribution is 5.17. The number of likely N-dealkylation sites (N-methyl/N-ethyl adjacent to an activating group) is 1. The Morgan fingerprint density at radius 2 is 1.88 bits per heavy atom. The van der Waals surface area contributed by atoms with Crippen LogP contribution in [-0.2, 0) is 4.74 Å². The van der Waals surface area contributed by atoms with Gasteiger partial charge in [0.15, 0.2) is 0 Å². The Kier molecular flexibility index (Phi) is 3.06. The summed E-state index contributed by atoms with van der Waals surface area (Å²) in [6, 6.07) is 0.635. The van der Waals surface area contributed by atoms with Gasteiger partial charge < -0.3 is 15.0 Å². The van der Waals surface area contributed by atoms with Crippen LogP contribution in [0.4, 0.5) is 0 Å². The van der Waals surface area contributed by atoms with Crippen molar-refractivity contribution in [3.05, 3.63) is 0 Å². The van der Waals surface area contributed by atoms with Crippen molar-refractivity contribution >= 4 is 0 Å². The van der Waals surface area contributed by atoms with Crippen LogP contribution in [0, 0.1) is 10.8 Å². The van der Waals surface area contributed by atoms with Gasteiger partial charge in [-0.25, -0.2) is 0 Å². The van der Waals surface area contributed by atoms with Crippen LogP contribution in [0.5, 0.6) is 0 Å². The van der Waals surface area contributed by atoms with Gasteiger partial charge in [0, 0.05) is 25.7 Å². The van der Waals surface area contributed by atoms with Crippen molar-refractivity contribution in [2.75, 3.05) is 33.3 Å². The smallest absolute Gasteiger partial charge is 0.0826 e. The summed E-state index contributed by atoms with van der Waals surface area (Å²) in [5.41, 5.74) is 0.848. The normalized spacial score (nSPS) is 33.9. The second-order valence-electron chi connectivity index (χ2n) is 6.54. The lowest BCUT2D eigenvalue weighted by Crippen LogP contribution is -2.45. The molecule has 3 nitrogen and oxygen atoms in total. The summed E-state index contributed by atoms with van der Waals surface area (Å²) in [6.45, 7) is 13.4. The van der Waals surface area contributed by atoms with E-state index in [2.05, 4.69) is 45.0 Å². The van der Waals surface area contributed by atoms with Gasteiger partial charge in [0.1, 0.15) is 0 Å². The van der Waals surface area contributed by atoms with E-state index in [0.717, 1.165) is 26.2 Å². The first-order chi connectivity index (χ1) is 7.35. The summed E-state index contributed by atoms with van der Waals surface area (Å²) in [6.07, 6.45) is 0.367. The van der Waals surface area contributed by atoms with E-state index in [0.29, 0.717) is 23.0 Å². The van der Waals surface area contributed by atoms with Gasteiger partial charge in [-0.1, -0.05) is 27.7 Å². The molecule has 94 valence electrons. The molecular formula is C13H26N2O. The van der Waals surface area contributed by atoms with Crippen LogP contribution in [-0.4, -0.2) is 50.3 Å². The van der Waals surface area contributed by atoms with E-state index < -0.39 is 0 Å². The second kappa shape index (κ2) is 3.97. The van der Waals surface area contributed by atoms with Crippen molar-refractivity contribution in [3.8, 4) is 0 Å². The molecule has 1 saturated carbocycles. The Hall–Kier alpha value is -0.120.